The lowest BCUT2D eigenvalue weighted by Gasteiger charge is -2.14. The van der Waals surface area contributed by atoms with Gasteiger partial charge in [0.15, 0.2) is 6.49 Å². The van der Waals surface area contributed by atoms with Crippen molar-refractivity contribution in [3.05, 3.63) is 35.9 Å². The summed E-state index contributed by atoms with van der Waals surface area (Å²) in [7, 11) is 0. The standard InChI is InChI=1S/C9H13O2PS/c1-2-11-12(10,13)8-9-6-4-3-5-7-9/h3-7H,2,8H2,1H3,(H,10,13). The molecule has 0 aliphatic heterocycles. The third-order valence-corrected chi connectivity index (χ3v) is 3.69. The van der Waals surface area contributed by atoms with Crippen LogP contribution < -0.4 is 0 Å². The lowest BCUT2D eigenvalue weighted by molar-refractivity contribution is 0.326. The van der Waals surface area contributed by atoms with Crippen LogP contribution in [0, 0.1) is 0 Å². The second-order valence-corrected chi connectivity index (χ2v) is 6.26. The summed E-state index contributed by atoms with van der Waals surface area (Å²) in [6, 6.07) is 9.67. The van der Waals surface area contributed by atoms with Crippen molar-refractivity contribution in [1.82, 2.24) is 0 Å². The third kappa shape index (κ3) is 4.01. The zero-order chi connectivity index (χ0) is 9.73. The Kier molecular flexibility index (Phi) is 4.07. The number of hydrogen-bond acceptors (Lipinski definition) is 2. The highest BCUT2D eigenvalue weighted by molar-refractivity contribution is 8.09. The Hall–Kier alpha value is -0.210. The quantitative estimate of drug-likeness (QED) is 0.784. The van der Waals surface area contributed by atoms with E-state index in [-0.39, 0.29) is 0 Å². The molecule has 0 aromatic heterocycles. The minimum Gasteiger partial charge on any atom is -0.345 e. The van der Waals surface area contributed by atoms with Gasteiger partial charge in [0.1, 0.15) is 0 Å². The molecular weight excluding hydrogens is 203 g/mol. The molecule has 0 saturated carbocycles. The first-order chi connectivity index (χ1) is 6.14. The molecule has 0 heterocycles. The SMILES string of the molecule is CCOP(O)(=S)Cc1ccccc1. The molecule has 0 saturated heterocycles. The maximum absolute atomic E-state index is 9.67. The van der Waals surface area contributed by atoms with Crippen LogP contribution in [-0.2, 0) is 22.5 Å². The van der Waals surface area contributed by atoms with E-state index in [0.717, 1.165) is 5.56 Å². The average molecular weight is 216 g/mol. The molecule has 13 heavy (non-hydrogen) atoms. The maximum atomic E-state index is 9.67. The molecule has 0 aliphatic carbocycles. The summed E-state index contributed by atoms with van der Waals surface area (Å²) >= 11 is 4.97. The molecule has 72 valence electrons. The predicted molar refractivity (Wildman–Crippen MR) is 58.3 cm³/mol. The lowest BCUT2D eigenvalue weighted by Crippen LogP contribution is -1.92. The first kappa shape index (κ1) is 10.9. The average Bonchev–Trinajstić information content (AvgIpc) is 2.04. The first-order valence-electron chi connectivity index (χ1n) is 4.14. The van der Waals surface area contributed by atoms with Gasteiger partial charge in [-0.3, -0.25) is 0 Å². The molecular formula is C9H13O2PS. The molecule has 0 fully saturated rings. The number of rotatable bonds is 4. The van der Waals surface area contributed by atoms with Crippen molar-refractivity contribution in [1.29, 1.82) is 0 Å². The lowest BCUT2D eigenvalue weighted by atomic mass is 10.2. The summed E-state index contributed by atoms with van der Waals surface area (Å²) in [4.78, 5) is 9.67. The highest BCUT2D eigenvalue weighted by atomic mass is 32.5. The summed E-state index contributed by atoms with van der Waals surface area (Å²) in [5, 5.41) is 0. The molecule has 0 spiro atoms. The van der Waals surface area contributed by atoms with E-state index < -0.39 is 6.49 Å². The largest absolute Gasteiger partial charge is 0.345 e. The second-order valence-electron chi connectivity index (χ2n) is 2.70. The number of benzene rings is 1. The Morgan fingerprint density at radius 1 is 1.38 bits per heavy atom. The Morgan fingerprint density at radius 3 is 2.54 bits per heavy atom. The van der Waals surface area contributed by atoms with Crippen molar-refractivity contribution < 1.29 is 9.42 Å². The molecule has 1 unspecified atom stereocenters. The van der Waals surface area contributed by atoms with Crippen molar-refractivity contribution in [3.8, 4) is 0 Å². The van der Waals surface area contributed by atoms with E-state index in [4.69, 9.17) is 16.3 Å². The van der Waals surface area contributed by atoms with Gasteiger partial charge in [-0.15, -0.1) is 0 Å². The molecule has 0 radical (unpaired) electrons. The fourth-order valence-corrected chi connectivity index (χ4v) is 2.99. The molecule has 0 amide bonds. The van der Waals surface area contributed by atoms with Gasteiger partial charge >= 0.3 is 0 Å². The molecule has 1 rings (SSSR count). The van der Waals surface area contributed by atoms with E-state index >= 15 is 0 Å². The Bertz CT molecular complexity index is 300. The van der Waals surface area contributed by atoms with Crippen LogP contribution in [0.2, 0.25) is 0 Å². The van der Waals surface area contributed by atoms with Gasteiger partial charge in [0.2, 0.25) is 0 Å². The van der Waals surface area contributed by atoms with Crippen LogP contribution in [0.3, 0.4) is 0 Å². The van der Waals surface area contributed by atoms with E-state index in [1.807, 2.05) is 37.3 Å². The molecule has 0 bridgehead atoms. The highest BCUT2D eigenvalue weighted by Gasteiger charge is 2.12. The van der Waals surface area contributed by atoms with Gasteiger partial charge < -0.3 is 9.42 Å². The Labute approximate surface area is 83.7 Å². The Morgan fingerprint density at radius 2 is 2.00 bits per heavy atom. The van der Waals surface area contributed by atoms with Gasteiger partial charge in [-0.1, -0.05) is 30.3 Å². The fraction of sp³-hybridized carbons (Fsp3) is 0.333. The van der Waals surface area contributed by atoms with Crippen molar-refractivity contribution >= 4 is 18.3 Å². The van der Waals surface area contributed by atoms with Crippen molar-refractivity contribution in [2.24, 2.45) is 0 Å². The third-order valence-electron chi connectivity index (χ3n) is 1.56. The predicted octanol–water partition coefficient (Wildman–Crippen LogP) is 2.52. The monoisotopic (exact) mass is 216 g/mol. The van der Waals surface area contributed by atoms with E-state index in [1.165, 1.54) is 0 Å². The molecule has 1 N–H and O–H groups in total. The summed E-state index contributed by atoms with van der Waals surface area (Å²) in [5.41, 5.74) is 1.03. The second kappa shape index (κ2) is 4.87. The summed E-state index contributed by atoms with van der Waals surface area (Å²) in [6.07, 6.45) is 0.455. The minimum absolute atomic E-state index is 0.455. The summed E-state index contributed by atoms with van der Waals surface area (Å²) in [6.45, 7) is -0.273. The van der Waals surface area contributed by atoms with Crippen LogP contribution in [-0.4, -0.2) is 11.5 Å². The number of hydrogen-bond donors (Lipinski definition) is 1. The summed E-state index contributed by atoms with van der Waals surface area (Å²) < 4.78 is 5.11. The molecule has 0 aliphatic rings. The van der Waals surface area contributed by atoms with Crippen LogP contribution in [0.4, 0.5) is 0 Å². The van der Waals surface area contributed by atoms with Gasteiger partial charge in [-0.2, -0.15) is 0 Å². The molecule has 4 heteroatoms. The van der Waals surface area contributed by atoms with Crippen LogP contribution in [0.1, 0.15) is 12.5 Å². The van der Waals surface area contributed by atoms with Crippen molar-refractivity contribution in [3.63, 3.8) is 0 Å². The fourth-order valence-electron chi connectivity index (χ4n) is 1.06. The normalized spacial score (nSPS) is 15.2. The smallest absolute Gasteiger partial charge is 0.190 e. The van der Waals surface area contributed by atoms with Crippen molar-refractivity contribution in [2.75, 3.05) is 6.61 Å². The molecule has 1 aromatic carbocycles. The van der Waals surface area contributed by atoms with Gasteiger partial charge in [0.25, 0.3) is 0 Å². The van der Waals surface area contributed by atoms with Gasteiger partial charge in [-0.25, -0.2) is 0 Å². The van der Waals surface area contributed by atoms with Crippen LogP contribution in [0.5, 0.6) is 0 Å². The van der Waals surface area contributed by atoms with Gasteiger partial charge in [0.05, 0.1) is 6.61 Å². The first-order valence-corrected chi connectivity index (χ1v) is 7.00. The Balaban J connectivity index is 2.64. The van der Waals surface area contributed by atoms with E-state index in [9.17, 15) is 4.89 Å². The molecule has 1 atom stereocenters. The van der Waals surface area contributed by atoms with Crippen LogP contribution in [0.25, 0.3) is 0 Å². The van der Waals surface area contributed by atoms with Crippen LogP contribution >= 0.6 is 6.49 Å². The minimum atomic E-state index is -2.58. The van der Waals surface area contributed by atoms with E-state index in [0.29, 0.717) is 12.8 Å². The summed E-state index contributed by atoms with van der Waals surface area (Å²) in [5.74, 6) is 0. The van der Waals surface area contributed by atoms with E-state index in [2.05, 4.69) is 0 Å². The molecule has 2 nitrogen and oxygen atoms in total. The van der Waals surface area contributed by atoms with Gasteiger partial charge in [-0.05, 0) is 24.3 Å². The van der Waals surface area contributed by atoms with Crippen molar-refractivity contribution in [2.45, 2.75) is 13.1 Å². The molecule has 1 aromatic rings. The maximum Gasteiger partial charge on any atom is 0.190 e. The highest BCUT2D eigenvalue weighted by Crippen LogP contribution is 2.45. The van der Waals surface area contributed by atoms with Gasteiger partial charge in [0, 0.05) is 6.16 Å². The van der Waals surface area contributed by atoms with Crippen LogP contribution in [0.15, 0.2) is 30.3 Å². The topological polar surface area (TPSA) is 29.5 Å². The van der Waals surface area contributed by atoms with E-state index in [1.54, 1.807) is 0 Å². The zero-order valence-electron chi connectivity index (χ0n) is 7.51. The zero-order valence-corrected chi connectivity index (χ0v) is 9.22.